The summed E-state index contributed by atoms with van der Waals surface area (Å²) in [6.07, 6.45) is 2.03. The maximum absolute atomic E-state index is 14.2. The third-order valence-electron chi connectivity index (χ3n) is 4.71. The zero-order chi connectivity index (χ0) is 19.2. The van der Waals surface area contributed by atoms with Gasteiger partial charge in [-0.1, -0.05) is 34.4 Å². The first kappa shape index (κ1) is 17.9. The molecule has 1 aliphatic carbocycles. The lowest BCUT2D eigenvalue weighted by molar-refractivity contribution is -0.105. The van der Waals surface area contributed by atoms with Crippen molar-refractivity contribution >= 4 is 35.3 Å². The molecule has 138 valence electrons. The number of hydrogen-bond donors (Lipinski definition) is 1. The lowest BCUT2D eigenvalue weighted by Gasteiger charge is -2.16. The van der Waals surface area contributed by atoms with Crippen LogP contribution in [0.25, 0.3) is 11.5 Å². The van der Waals surface area contributed by atoms with Gasteiger partial charge >= 0.3 is 0 Å². The van der Waals surface area contributed by atoms with Gasteiger partial charge in [0.25, 0.3) is 5.89 Å². The molecule has 3 aromatic rings. The van der Waals surface area contributed by atoms with E-state index in [1.807, 2.05) is 0 Å². The summed E-state index contributed by atoms with van der Waals surface area (Å²) in [5, 5.41) is 7.39. The van der Waals surface area contributed by atoms with Crippen molar-refractivity contribution in [3.05, 3.63) is 63.1 Å². The first-order valence-corrected chi connectivity index (χ1v) is 9.00. The highest BCUT2D eigenvalue weighted by atomic mass is 35.5. The van der Waals surface area contributed by atoms with Crippen molar-refractivity contribution in [1.82, 2.24) is 10.1 Å². The van der Waals surface area contributed by atoms with Crippen LogP contribution in [0.3, 0.4) is 0 Å². The second-order valence-corrected chi connectivity index (χ2v) is 7.38. The largest absolute Gasteiger partial charge is 0.334 e. The molecule has 0 bridgehead atoms. The number of hydrogen-bond acceptors (Lipinski definition) is 4. The second-order valence-electron chi connectivity index (χ2n) is 6.57. The fraction of sp³-hybridized carbons (Fsp3) is 0.211. The molecule has 2 aromatic carbocycles. The van der Waals surface area contributed by atoms with Gasteiger partial charge in [0.15, 0.2) is 5.82 Å². The molecule has 1 fully saturated rings. The van der Waals surface area contributed by atoms with Crippen molar-refractivity contribution in [2.24, 2.45) is 0 Å². The Morgan fingerprint density at radius 3 is 2.52 bits per heavy atom. The van der Waals surface area contributed by atoms with Gasteiger partial charge in [-0.3, -0.25) is 4.79 Å². The molecule has 0 saturated heterocycles. The molecule has 27 heavy (non-hydrogen) atoms. The molecule has 0 aliphatic heterocycles. The Morgan fingerprint density at radius 2 is 1.93 bits per heavy atom. The molecule has 0 atom stereocenters. The average molecular weight is 406 g/mol. The predicted molar refractivity (Wildman–Crippen MR) is 101 cm³/mol. The Kier molecular flexibility index (Phi) is 4.40. The summed E-state index contributed by atoms with van der Waals surface area (Å²) in [6, 6.07) is 8.05. The van der Waals surface area contributed by atoms with Gasteiger partial charge in [-0.15, -0.1) is 0 Å². The van der Waals surface area contributed by atoms with Gasteiger partial charge in [-0.2, -0.15) is 4.98 Å². The molecule has 1 aromatic heterocycles. The SMILES string of the molecule is Cc1ccc(-c2nc(C3(c4c(Cl)cc(NC=O)cc4Cl)CC3)no2)c(F)c1. The quantitative estimate of drug-likeness (QED) is 0.596. The summed E-state index contributed by atoms with van der Waals surface area (Å²) in [5.41, 5.74) is 1.65. The van der Waals surface area contributed by atoms with Crippen LogP contribution in [0.5, 0.6) is 0 Å². The molecular formula is C19H14Cl2FN3O2. The lowest BCUT2D eigenvalue weighted by atomic mass is 9.94. The minimum absolute atomic E-state index is 0.111. The maximum Gasteiger partial charge on any atom is 0.260 e. The average Bonchev–Trinajstić information content (AvgIpc) is 3.23. The molecule has 1 heterocycles. The van der Waals surface area contributed by atoms with Gasteiger partial charge in [0.05, 0.1) is 11.0 Å². The number of carbonyl (C=O) groups excluding carboxylic acids is 1. The molecule has 0 spiro atoms. The van der Waals surface area contributed by atoms with Crippen molar-refractivity contribution < 1.29 is 13.7 Å². The van der Waals surface area contributed by atoms with E-state index in [0.29, 0.717) is 33.5 Å². The molecule has 1 aliphatic rings. The third kappa shape index (κ3) is 3.09. The van der Waals surface area contributed by atoms with Crippen LogP contribution < -0.4 is 5.32 Å². The number of amides is 1. The summed E-state index contributed by atoms with van der Waals surface area (Å²) in [5.74, 6) is 0.105. The summed E-state index contributed by atoms with van der Waals surface area (Å²) >= 11 is 12.8. The van der Waals surface area contributed by atoms with E-state index in [4.69, 9.17) is 27.7 Å². The molecular weight excluding hydrogens is 392 g/mol. The third-order valence-corrected chi connectivity index (χ3v) is 5.30. The van der Waals surface area contributed by atoms with Crippen LogP contribution in [-0.4, -0.2) is 16.6 Å². The first-order chi connectivity index (χ1) is 12.9. The number of nitrogens with zero attached hydrogens (tertiary/aromatic N) is 2. The zero-order valence-corrected chi connectivity index (χ0v) is 15.7. The van der Waals surface area contributed by atoms with E-state index in [1.165, 1.54) is 6.07 Å². The predicted octanol–water partition coefficient (Wildman–Crippen LogP) is 5.14. The number of nitrogens with one attached hydrogen (secondary N) is 1. The molecule has 5 nitrogen and oxygen atoms in total. The van der Waals surface area contributed by atoms with Crippen LogP contribution >= 0.6 is 23.2 Å². The zero-order valence-electron chi connectivity index (χ0n) is 14.2. The van der Waals surface area contributed by atoms with E-state index >= 15 is 0 Å². The van der Waals surface area contributed by atoms with Gasteiger partial charge in [0, 0.05) is 21.3 Å². The lowest BCUT2D eigenvalue weighted by Crippen LogP contribution is -2.13. The van der Waals surface area contributed by atoms with Gasteiger partial charge in [-0.05, 0) is 49.6 Å². The molecule has 4 rings (SSSR count). The van der Waals surface area contributed by atoms with Gasteiger partial charge in [0.2, 0.25) is 6.41 Å². The number of aromatic nitrogens is 2. The van der Waals surface area contributed by atoms with Crippen LogP contribution in [-0.2, 0) is 10.2 Å². The number of rotatable bonds is 5. The summed E-state index contributed by atoms with van der Waals surface area (Å²) in [7, 11) is 0. The Morgan fingerprint density at radius 1 is 1.22 bits per heavy atom. The molecule has 1 amide bonds. The molecule has 0 radical (unpaired) electrons. The minimum atomic E-state index is -0.573. The Labute approximate surface area is 164 Å². The van der Waals surface area contributed by atoms with E-state index < -0.39 is 11.2 Å². The number of aryl methyl sites for hydroxylation is 1. The number of anilines is 1. The Balaban J connectivity index is 1.74. The van der Waals surface area contributed by atoms with Crippen molar-refractivity contribution in [1.29, 1.82) is 0 Å². The first-order valence-electron chi connectivity index (χ1n) is 8.25. The van der Waals surface area contributed by atoms with Crippen molar-refractivity contribution in [3.8, 4) is 11.5 Å². The second kappa shape index (κ2) is 6.62. The standard InChI is InChI=1S/C19H14Cl2FN3O2/c1-10-2-3-12(15(22)6-10)17-24-18(25-27-17)19(4-5-19)16-13(20)7-11(23-9-26)8-14(16)21/h2-3,6-9H,4-5H2,1H3,(H,23,26). The highest BCUT2D eigenvalue weighted by molar-refractivity contribution is 6.37. The monoisotopic (exact) mass is 405 g/mol. The fourth-order valence-corrected chi connectivity index (χ4v) is 4.06. The van der Waals surface area contributed by atoms with Crippen molar-refractivity contribution in [2.75, 3.05) is 5.32 Å². The van der Waals surface area contributed by atoms with Crippen molar-refractivity contribution in [2.45, 2.75) is 25.2 Å². The maximum atomic E-state index is 14.2. The highest BCUT2D eigenvalue weighted by Gasteiger charge is 2.52. The Bertz CT molecular complexity index is 1020. The highest BCUT2D eigenvalue weighted by Crippen LogP contribution is 2.57. The van der Waals surface area contributed by atoms with Crippen LogP contribution in [0.2, 0.25) is 10.0 Å². The number of carbonyl (C=O) groups is 1. The van der Waals surface area contributed by atoms with Crippen LogP contribution in [0.15, 0.2) is 34.9 Å². The molecule has 1 N–H and O–H groups in total. The molecule has 1 saturated carbocycles. The van der Waals surface area contributed by atoms with Crippen LogP contribution in [0.1, 0.15) is 29.8 Å². The summed E-state index contributed by atoms with van der Waals surface area (Å²) in [4.78, 5) is 15.1. The summed E-state index contributed by atoms with van der Waals surface area (Å²) in [6.45, 7) is 1.80. The van der Waals surface area contributed by atoms with Crippen molar-refractivity contribution in [3.63, 3.8) is 0 Å². The van der Waals surface area contributed by atoms with Crippen LogP contribution in [0.4, 0.5) is 10.1 Å². The van der Waals surface area contributed by atoms with Gasteiger partial charge in [-0.25, -0.2) is 4.39 Å². The van der Waals surface area contributed by atoms with E-state index in [0.717, 1.165) is 18.4 Å². The minimum Gasteiger partial charge on any atom is -0.334 e. The van der Waals surface area contributed by atoms with E-state index in [-0.39, 0.29) is 11.5 Å². The normalized spacial score (nSPS) is 14.8. The van der Waals surface area contributed by atoms with E-state index in [1.54, 1.807) is 31.2 Å². The topological polar surface area (TPSA) is 68.0 Å². The van der Waals surface area contributed by atoms with Gasteiger partial charge < -0.3 is 9.84 Å². The Hall–Kier alpha value is -2.44. The molecule has 8 heteroatoms. The number of halogens is 3. The van der Waals surface area contributed by atoms with E-state index in [2.05, 4.69) is 15.5 Å². The van der Waals surface area contributed by atoms with E-state index in [9.17, 15) is 9.18 Å². The fourth-order valence-electron chi connectivity index (χ4n) is 3.21. The smallest absolute Gasteiger partial charge is 0.260 e. The molecule has 0 unspecified atom stereocenters. The number of benzene rings is 2. The van der Waals surface area contributed by atoms with Gasteiger partial charge in [0.1, 0.15) is 5.82 Å². The summed E-state index contributed by atoms with van der Waals surface area (Å²) < 4.78 is 19.5. The van der Waals surface area contributed by atoms with Crippen LogP contribution in [0, 0.1) is 12.7 Å².